The number of ether oxygens (including phenoxy) is 2. The number of benzene rings is 1. The average Bonchev–Trinajstić information content (AvgIpc) is 2.76. The first-order valence-corrected chi connectivity index (χ1v) is 11.9. The van der Waals surface area contributed by atoms with Crippen molar-refractivity contribution >= 4 is 11.6 Å². The molecule has 1 rings (SSSR count). The normalized spacial score (nSPS) is 12.9. The van der Waals surface area contributed by atoms with Gasteiger partial charge in [-0.3, -0.25) is 0 Å². The zero-order chi connectivity index (χ0) is 21.4. The van der Waals surface area contributed by atoms with Crippen molar-refractivity contribution in [3.63, 3.8) is 0 Å². The van der Waals surface area contributed by atoms with Crippen molar-refractivity contribution in [2.45, 2.75) is 95.8 Å². The van der Waals surface area contributed by atoms with E-state index in [9.17, 15) is 5.26 Å². The van der Waals surface area contributed by atoms with Crippen LogP contribution in [0.1, 0.15) is 96.0 Å². The monoisotopic (exact) mass is 421 g/mol. The van der Waals surface area contributed by atoms with Crippen LogP contribution in [0.3, 0.4) is 0 Å². The van der Waals surface area contributed by atoms with Crippen LogP contribution >= 0.6 is 11.6 Å². The molecular weight excluding hydrogens is 382 g/mol. The molecule has 0 saturated carbocycles. The molecule has 0 aliphatic heterocycles. The Balaban J connectivity index is 2.61. The van der Waals surface area contributed by atoms with Crippen LogP contribution in [0, 0.1) is 11.3 Å². The minimum Gasteiger partial charge on any atom is -0.493 e. The maximum absolute atomic E-state index is 10.1. The van der Waals surface area contributed by atoms with E-state index in [0.717, 1.165) is 31.2 Å². The van der Waals surface area contributed by atoms with E-state index in [4.69, 9.17) is 21.1 Å². The second-order valence-electron chi connectivity index (χ2n) is 7.99. The Hall–Kier alpha value is -1.40. The van der Waals surface area contributed by atoms with Gasteiger partial charge in [-0.25, -0.2) is 0 Å². The van der Waals surface area contributed by atoms with Gasteiger partial charge in [0.1, 0.15) is 0 Å². The van der Waals surface area contributed by atoms with Crippen LogP contribution in [0.2, 0.25) is 0 Å². The number of unbranched alkanes of at least 4 members (excludes halogenated alkanes) is 9. The van der Waals surface area contributed by atoms with Crippen LogP contribution in [0.4, 0.5) is 0 Å². The maximum atomic E-state index is 10.1. The fourth-order valence-corrected chi connectivity index (χ4v) is 4.14. The van der Waals surface area contributed by atoms with Gasteiger partial charge in [0.05, 0.1) is 25.7 Å². The molecule has 1 aromatic rings. The number of rotatable bonds is 17. The van der Waals surface area contributed by atoms with E-state index in [1.807, 2.05) is 18.2 Å². The summed E-state index contributed by atoms with van der Waals surface area (Å²) in [5, 5.41) is 10.1. The van der Waals surface area contributed by atoms with Crippen molar-refractivity contribution < 1.29 is 9.47 Å². The third kappa shape index (κ3) is 8.87. The van der Waals surface area contributed by atoms with E-state index in [1.165, 1.54) is 57.8 Å². The van der Waals surface area contributed by atoms with Gasteiger partial charge in [0.25, 0.3) is 0 Å². The number of nitriles is 1. The third-order valence-electron chi connectivity index (χ3n) is 5.84. The molecule has 0 aliphatic rings. The van der Waals surface area contributed by atoms with Gasteiger partial charge in [0, 0.05) is 5.88 Å². The minimum atomic E-state index is -0.505. The molecule has 1 atom stereocenters. The molecule has 0 saturated heterocycles. The Kier molecular flexibility index (Phi) is 13.7. The molecule has 4 heteroatoms. The van der Waals surface area contributed by atoms with Gasteiger partial charge in [0.15, 0.2) is 11.5 Å². The standard InChI is InChI=1S/C25H40ClNO2/c1-4-5-6-7-8-9-10-11-12-13-17-25(21-27,18-14-19-26)22-15-16-23(28-2)24(20-22)29-3/h15-16,20H,4-14,17-19H2,1-3H3. The lowest BCUT2D eigenvalue weighted by Crippen LogP contribution is -2.24. The number of methoxy groups -OCH3 is 2. The highest BCUT2D eigenvalue weighted by atomic mass is 35.5. The summed E-state index contributed by atoms with van der Waals surface area (Å²) in [7, 11) is 3.27. The fourth-order valence-electron chi connectivity index (χ4n) is 4.01. The van der Waals surface area contributed by atoms with Crippen molar-refractivity contribution in [3.8, 4) is 17.6 Å². The number of alkyl halides is 1. The number of halogens is 1. The molecule has 1 aromatic carbocycles. The van der Waals surface area contributed by atoms with Crippen LogP contribution in [0.15, 0.2) is 18.2 Å². The van der Waals surface area contributed by atoms with E-state index in [2.05, 4.69) is 13.0 Å². The smallest absolute Gasteiger partial charge is 0.161 e. The third-order valence-corrected chi connectivity index (χ3v) is 6.11. The SMILES string of the molecule is CCCCCCCCCCCCC(C#N)(CCCCl)c1ccc(OC)c(OC)c1. The van der Waals surface area contributed by atoms with Crippen LogP contribution in [-0.2, 0) is 5.41 Å². The first-order valence-electron chi connectivity index (χ1n) is 11.4. The molecule has 3 nitrogen and oxygen atoms in total. The number of nitrogens with zero attached hydrogens (tertiary/aromatic N) is 1. The molecule has 0 spiro atoms. The zero-order valence-electron chi connectivity index (χ0n) is 18.8. The lowest BCUT2D eigenvalue weighted by atomic mass is 9.74. The number of hydrogen-bond acceptors (Lipinski definition) is 3. The summed E-state index contributed by atoms with van der Waals surface area (Å²) in [5.74, 6) is 1.95. The van der Waals surface area contributed by atoms with Gasteiger partial charge in [-0.1, -0.05) is 77.2 Å². The van der Waals surface area contributed by atoms with Crippen LogP contribution in [0.5, 0.6) is 11.5 Å². The Morgan fingerprint density at radius 2 is 1.38 bits per heavy atom. The van der Waals surface area contributed by atoms with Gasteiger partial charge in [-0.2, -0.15) is 5.26 Å². The first-order chi connectivity index (χ1) is 14.2. The second kappa shape index (κ2) is 15.4. The lowest BCUT2D eigenvalue weighted by Gasteiger charge is -2.28. The lowest BCUT2D eigenvalue weighted by molar-refractivity contribution is 0.352. The molecule has 29 heavy (non-hydrogen) atoms. The average molecular weight is 422 g/mol. The van der Waals surface area contributed by atoms with Gasteiger partial charge >= 0.3 is 0 Å². The Morgan fingerprint density at radius 1 is 0.828 bits per heavy atom. The van der Waals surface area contributed by atoms with Crippen molar-refractivity contribution in [2.75, 3.05) is 20.1 Å². The summed E-state index contributed by atoms with van der Waals surface area (Å²) in [6, 6.07) is 8.51. The highest BCUT2D eigenvalue weighted by Crippen LogP contribution is 2.39. The molecule has 0 aromatic heterocycles. The Labute approximate surface area is 183 Å². The first kappa shape index (κ1) is 25.6. The van der Waals surface area contributed by atoms with E-state index >= 15 is 0 Å². The zero-order valence-corrected chi connectivity index (χ0v) is 19.5. The molecule has 0 heterocycles. The highest BCUT2D eigenvalue weighted by molar-refractivity contribution is 6.17. The van der Waals surface area contributed by atoms with Crippen LogP contribution in [0.25, 0.3) is 0 Å². The summed E-state index contributed by atoms with van der Waals surface area (Å²) in [6.07, 6.45) is 15.5. The summed E-state index contributed by atoms with van der Waals surface area (Å²) in [5.41, 5.74) is 0.507. The number of hydrogen-bond donors (Lipinski definition) is 0. The summed E-state index contributed by atoms with van der Waals surface area (Å²) in [4.78, 5) is 0. The van der Waals surface area contributed by atoms with Crippen molar-refractivity contribution in [1.82, 2.24) is 0 Å². The quantitative estimate of drug-likeness (QED) is 0.190. The van der Waals surface area contributed by atoms with Gasteiger partial charge in [-0.05, 0) is 37.0 Å². The second-order valence-corrected chi connectivity index (χ2v) is 8.37. The van der Waals surface area contributed by atoms with E-state index in [-0.39, 0.29) is 0 Å². The van der Waals surface area contributed by atoms with Crippen LogP contribution < -0.4 is 9.47 Å². The summed E-state index contributed by atoms with van der Waals surface area (Å²) >= 11 is 5.97. The van der Waals surface area contributed by atoms with Crippen molar-refractivity contribution in [2.24, 2.45) is 0 Å². The van der Waals surface area contributed by atoms with Crippen LogP contribution in [-0.4, -0.2) is 20.1 Å². The van der Waals surface area contributed by atoms with E-state index in [0.29, 0.717) is 17.4 Å². The van der Waals surface area contributed by atoms with E-state index < -0.39 is 5.41 Å². The highest BCUT2D eigenvalue weighted by Gasteiger charge is 2.32. The molecule has 0 amide bonds. The molecule has 0 fully saturated rings. The molecule has 0 radical (unpaired) electrons. The van der Waals surface area contributed by atoms with Gasteiger partial charge in [0.2, 0.25) is 0 Å². The molecule has 0 aliphatic carbocycles. The molecule has 0 N–H and O–H groups in total. The maximum Gasteiger partial charge on any atom is 0.161 e. The summed E-state index contributed by atoms with van der Waals surface area (Å²) < 4.78 is 10.8. The Morgan fingerprint density at radius 3 is 1.90 bits per heavy atom. The molecular formula is C25H40ClNO2. The topological polar surface area (TPSA) is 42.2 Å². The van der Waals surface area contributed by atoms with E-state index in [1.54, 1.807) is 14.2 Å². The molecule has 0 bridgehead atoms. The van der Waals surface area contributed by atoms with Crippen molar-refractivity contribution in [3.05, 3.63) is 23.8 Å². The predicted octanol–water partition coefficient (Wildman–Crippen LogP) is 7.80. The predicted molar refractivity (Wildman–Crippen MR) is 123 cm³/mol. The van der Waals surface area contributed by atoms with Gasteiger partial charge < -0.3 is 9.47 Å². The minimum absolute atomic E-state index is 0.505. The Bertz CT molecular complexity index is 599. The molecule has 1 unspecified atom stereocenters. The largest absolute Gasteiger partial charge is 0.493 e. The fraction of sp³-hybridized carbons (Fsp3) is 0.720. The van der Waals surface area contributed by atoms with Gasteiger partial charge in [-0.15, -0.1) is 11.6 Å². The summed E-state index contributed by atoms with van der Waals surface area (Å²) in [6.45, 7) is 2.26. The molecule has 164 valence electrons. The van der Waals surface area contributed by atoms with Crippen molar-refractivity contribution in [1.29, 1.82) is 5.26 Å².